The molecule has 4 rings (SSSR count). The van der Waals surface area contributed by atoms with Crippen LogP contribution in [0.5, 0.6) is 0 Å². The van der Waals surface area contributed by atoms with Crippen molar-refractivity contribution in [2.45, 2.75) is 19.5 Å². The molecule has 0 bridgehead atoms. The van der Waals surface area contributed by atoms with Crippen molar-refractivity contribution in [2.24, 2.45) is 0 Å². The summed E-state index contributed by atoms with van der Waals surface area (Å²) in [6, 6.07) is 12.8. The monoisotopic (exact) mass is 370 g/mol. The fraction of sp³-hybridized carbons (Fsp3) is 0.316. The predicted molar refractivity (Wildman–Crippen MR) is 99.1 cm³/mol. The van der Waals surface area contributed by atoms with Gasteiger partial charge in [-0.1, -0.05) is 24.3 Å². The zero-order valence-corrected chi connectivity index (χ0v) is 15.1. The van der Waals surface area contributed by atoms with E-state index in [0.717, 1.165) is 24.1 Å². The molecular weight excluding hydrogens is 351 g/mol. The standard InChI is InChI=1S/C19H19FN4OS/c20-16-4-2-1-3-15(16)13-24-10-9-23(8-7-19(24)25)12-14-5-6-17-18(11-14)22-26-21-17/h1-6,11H,7-10,12-13H2. The van der Waals surface area contributed by atoms with Crippen molar-refractivity contribution in [3.8, 4) is 0 Å². The molecule has 2 heterocycles. The van der Waals surface area contributed by atoms with Crippen LogP contribution in [-0.4, -0.2) is 44.1 Å². The summed E-state index contributed by atoms with van der Waals surface area (Å²) in [5.74, 6) is -0.179. The highest BCUT2D eigenvalue weighted by Crippen LogP contribution is 2.17. The molecule has 5 nitrogen and oxygen atoms in total. The van der Waals surface area contributed by atoms with E-state index in [9.17, 15) is 9.18 Å². The summed E-state index contributed by atoms with van der Waals surface area (Å²) in [6.45, 7) is 3.19. The van der Waals surface area contributed by atoms with E-state index in [1.165, 1.54) is 23.4 Å². The van der Waals surface area contributed by atoms with Gasteiger partial charge in [-0.15, -0.1) is 0 Å². The second-order valence-corrected chi connectivity index (χ2v) is 7.05. The van der Waals surface area contributed by atoms with Gasteiger partial charge in [0.15, 0.2) is 0 Å². The molecule has 1 saturated heterocycles. The van der Waals surface area contributed by atoms with E-state index < -0.39 is 0 Å². The van der Waals surface area contributed by atoms with Crippen molar-refractivity contribution in [1.82, 2.24) is 18.5 Å². The molecule has 7 heteroatoms. The maximum Gasteiger partial charge on any atom is 0.224 e. The average Bonchev–Trinajstić information content (AvgIpc) is 3.04. The molecule has 134 valence electrons. The van der Waals surface area contributed by atoms with Crippen LogP contribution in [0.25, 0.3) is 11.0 Å². The van der Waals surface area contributed by atoms with E-state index >= 15 is 0 Å². The van der Waals surface area contributed by atoms with Crippen LogP contribution in [0.4, 0.5) is 4.39 Å². The van der Waals surface area contributed by atoms with Crippen molar-refractivity contribution < 1.29 is 9.18 Å². The third kappa shape index (κ3) is 3.73. The van der Waals surface area contributed by atoms with Crippen molar-refractivity contribution in [1.29, 1.82) is 0 Å². The van der Waals surface area contributed by atoms with Crippen molar-refractivity contribution in [3.05, 3.63) is 59.4 Å². The van der Waals surface area contributed by atoms with Gasteiger partial charge in [0.05, 0.1) is 11.7 Å². The number of carbonyl (C=O) groups is 1. The zero-order valence-electron chi connectivity index (χ0n) is 14.3. The van der Waals surface area contributed by atoms with Gasteiger partial charge in [0.1, 0.15) is 16.9 Å². The Balaban J connectivity index is 1.41. The number of halogens is 1. The summed E-state index contributed by atoms with van der Waals surface area (Å²) in [5.41, 5.74) is 3.57. The summed E-state index contributed by atoms with van der Waals surface area (Å²) in [5, 5.41) is 0. The second-order valence-electron chi connectivity index (χ2n) is 6.52. The maximum atomic E-state index is 13.9. The molecule has 0 atom stereocenters. The molecule has 3 aromatic rings. The molecule has 1 fully saturated rings. The first-order valence-corrected chi connectivity index (χ1v) is 9.37. The molecule has 26 heavy (non-hydrogen) atoms. The van der Waals surface area contributed by atoms with Crippen LogP contribution in [0.2, 0.25) is 0 Å². The van der Waals surface area contributed by atoms with Gasteiger partial charge in [0, 0.05) is 44.7 Å². The summed E-state index contributed by atoms with van der Waals surface area (Å²) in [7, 11) is 0. The zero-order chi connectivity index (χ0) is 17.9. The fourth-order valence-corrected chi connectivity index (χ4v) is 3.77. The molecular formula is C19H19FN4OS. The molecule has 2 aromatic carbocycles. The lowest BCUT2D eigenvalue weighted by atomic mass is 10.2. The van der Waals surface area contributed by atoms with E-state index in [0.29, 0.717) is 31.6 Å². The predicted octanol–water partition coefficient (Wildman–Crippen LogP) is 3.06. The van der Waals surface area contributed by atoms with Crippen LogP contribution in [0, 0.1) is 5.82 Å². The lowest BCUT2D eigenvalue weighted by Gasteiger charge is -2.22. The Hall–Kier alpha value is -2.38. The molecule has 0 aliphatic carbocycles. The maximum absolute atomic E-state index is 13.9. The number of benzene rings is 2. The number of amides is 1. The number of hydrogen-bond donors (Lipinski definition) is 0. The summed E-state index contributed by atoms with van der Waals surface area (Å²) in [4.78, 5) is 16.4. The van der Waals surface area contributed by atoms with Crippen molar-refractivity contribution in [3.63, 3.8) is 0 Å². The van der Waals surface area contributed by atoms with Crippen LogP contribution in [0.15, 0.2) is 42.5 Å². The van der Waals surface area contributed by atoms with E-state index in [2.05, 4.69) is 25.8 Å². The SMILES string of the molecule is O=C1CCN(Cc2ccc3nsnc3c2)CCN1Cc1ccccc1F. The van der Waals surface area contributed by atoms with E-state index in [4.69, 9.17) is 0 Å². The number of nitrogens with zero attached hydrogens (tertiary/aromatic N) is 4. The van der Waals surface area contributed by atoms with Gasteiger partial charge in [-0.25, -0.2) is 4.39 Å². The first-order chi connectivity index (χ1) is 12.7. The van der Waals surface area contributed by atoms with Crippen LogP contribution in [-0.2, 0) is 17.9 Å². The average molecular weight is 370 g/mol. The highest BCUT2D eigenvalue weighted by Gasteiger charge is 2.22. The van der Waals surface area contributed by atoms with Crippen molar-refractivity contribution >= 4 is 28.7 Å². The third-order valence-electron chi connectivity index (χ3n) is 4.72. The van der Waals surface area contributed by atoms with Gasteiger partial charge < -0.3 is 4.90 Å². The third-order valence-corrected chi connectivity index (χ3v) is 5.28. The largest absolute Gasteiger partial charge is 0.337 e. The van der Waals surface area contributed by atoms with E-state index in [1.807, 2.05) is 6.07 Å². The Morgan fingerprint density at radius 1 is 1.00 bits per heavy atom. The second kappa shape index (κ2) is 7.47. The Bertz CT molecular complexity index is 929. The quantitative estimate of drug-likeness (QED) is 0.708. The minimum absolute atomic E-state index is 0.0786. The first kappa shape index (κ1) is 17.1. The van der Waals surface area contributed by atoms with Crippen LogP contribution >= 0.6 is 11.7 Å². The minimum atomic E-state index is -0.258. The fourth-order valence-electron chi connectivity index (χ4n) is 3.25. The molecule has 0 N–H and O–H groups in total. The lowest BCUT2D eigenvalue weighted by Crippen LogP contribution is -2.33. The molecule has 1 aromatic heterocycles. The molecule has 1 aliphatic heterocycles. The Morgan fingerprint density at radius 3 is 2.73 bits per heavy atom. The van der Waals surface area contributed by atoms with Crippen molar-refractivity contribution in [2.75, 3.05) is 19.6 Å². The smallest absolute Gasteiger partial charge is 0.224 e. The number of rotatable bonds is 4. The Morgan fingerprint density at radius 2 is 1.85 bits per heavy atom. The van der Waals surface area contributed by atoms with Gasteiger partial charge in [-0.3, -0.25) is 9.69 Å². The summed E-state index contributed by atoms with van der Waals surface area (Å²) in [6.07, 6.45) is 0.453. The normalized spacial score (nSPS) is 16.2. The highest BCUT2D eigenvalue weighted by molar-refractivity contribution is 7.00. The molecule has 1 aliphatic rings. The minimum Gasteiger partial charge on any atom is -0.337 e. The highest BCUT2D eigenvalue weighted by atomic mass is 32.1. The van der Waals surface area contributed by atoms with Gasteiger partial charge in [0.2, 0.25) is 5.91 Å². The van der Waals surface area contributed by atoms with Crippen LogP contribution in [0.3, 0.4) is 0 Å². The summed E-state index contributed by atoms with van der Waals surface area (Å²) >= 11 is 1.22. The molecule has 0 unspecified atom stereocenters. The van der Waals surface area contributed by atoms with Gasteiger partial charge >= 0.3 is 0 Å². The first-order valence-electron chi connectivity index (χ1n) is 8.64. The number of carbonyl (C=O) groups excluding carboxylic acids is 1. The van der Waals surface area contributed by atoms with Gasteiger partial charge in [-0.05, 0) is 23.8 Å². The van der Waals surface area contributed by atoms with Gasteiger partial charge in [0.25, 0.3) is 0 Å². The van der Waals surface area contributed by atoms with Crippen LogP contribution < -0.4 is 0 Å². The molecule has 1 amide bonds. The number of hydrogen-bond acceptors (Lipinski definition) is 5. The van der Waals surface area contributed by atoms with E-state index in [-0.39, 0.29) is 11.7 Å². The Kier molecular flexibility index (Phi) is 4.90. The topological polar surface area (TPSA) is 49.3 Å². The van der Waals surface area contributed by atoms with Crippen LogP contribution in [0.1, 0.15) is 17.5 Å². The summed E-state index contributed by atoms with van der Waals surface area (Å²) < 4.78 is 22.4. The van der Waals surface area contributed by atoms with Gasteiger partial charge in [-0.2, -0.15) is 8.75 Å². The number of aromatic nitrogens is 2. The van der Waals surface area contributed by atoms with E-state index in [1.54, 1.807) is 23.1 Å². The molecule has 0 radical (unpaired) electrons. The Labute approximate surface area is 155 Å². The lowest BCUT2D eigenvalue weighted by molar-refractivity contribution is -0.131. The molecule has 0 saturated carbocycles. The number of fused-ring (bicyclic) bond motifs is 1. The molecule has 0 spiro atoms.